The Morgan fingerprint density at radius 3 is 2.72 bits per heavy atom. The van der Waals surface area contributed by atoms with E-state index in [0.29, 0.717) is 48.6 Å². The number of fused-ring (bicyclic) bond motifs is 2. The third kappa shape index (κ3) is 6.75. The van der Waals surface area contributed by atoms with Gasteiger partial charge in [-0.15, -0.1) is 0 Å². The zero-order chi connectivity index (χ0) is 32.2. The molecule has 0 spiro atoms. The molecule has 46 heavy (non-hydrogen) atoms. The highest BCUT2D eigenvalue weighted by molar-refractivity contribution is 6.04. The number of aromatic nitrogens is 1. The monoisotopic (exact) mass is 621 g/mol. The van der Waals surface area contributed by atoms with E-state index in [2.05, 4.69) is 47.9 Å². The Balaban J connectivity index is 1.25. The van der Waals surface area contributed by atoms with Crippen molar-refractivity contribution < 1.29 is 9.18 Å². The average molecular weight is 622 g/mol. The van der Waals surface area contributed by atoms with Crippen LogP contribution in [0.25, 0.3) is 22.0 Å². The van der Waals surface area contributed by atoms with Crippen LogP contribution in [0.5, 0.6) is 0 Å². The Morgan fingerprint density at radius 1 is 1.15 bits per heavy atom. The number of nitrogens with one attached hydrogen (secondary N) is 4. The molecular formula is C35H40FN9O. The Morgan fingerprint density at radius 2 is 1.96 bits per heavy atom. The van der Waals surface area contributed by atoms with Crippen LogP contribution in [-0.2, 0) is 11.3 Å². The molecule has 2 aromatic carbocycles. The highest BCUT2D eigenvalue weighted by Gasteiger charge is 2.31. The number of hydrogen-bond donors (Lipinski definition) is 4. The second kappa shape index (κ2) is 13.7. The van der Waals surface area contributed by atoms with Crippen LogP contribution in [0.15, 0.2) is 93.5 Å². The molecule has 0 atom stereocenters. The van der Waals surface area contributed by atoms with E-state index in [0.717, 1.165) is 59.1 Å². The van der Waals surface area contributed by atoms with Crippen molar-refractivity contribution in [1.82, 2.24) is 26.1 Å². The molecule has 0 radical (unpaired) electrons. The van der Waals surface area contributed by atoms with Crippen LogP contribution in [0.1, 0.15) is 45.1 Å². The average Bonchev–Trinajstić information content (AvgIpc) is 3.51. The largest absolute Gasteiger partial charge is 0.350 e. The van der Waals surface area contributed by atoms with Gasteiger partial charge in [0.25, 0.3) is 11.9 Å². The first kappa shape index (κ1) is 31.3. The number of halogens is 1. The number of carbonyl (C=O) groups is 1. The van der Waals surface area contributed by atoms with Crippen LogP contribution < -0.4 is 21.4 Å². The lowest BCUT2D eigenvalue weighted by atomic mass is 9.87. The maximum Gasteiger partial charge on any atom is 0.283 e. The molecule has 238 valence electrons. The van der Waals surface area contributed by atoms with Gasteiger partial charge in [0.2, 0.25) is 5.96 Å². The summed E-state index contributed by atoms with van der Waals surface area (Å²) in [5, 5.41) is 13.2. The Bertz CT molecular complexity index is 1770. The van der Waals surface area contributed by atoms with Crippen molar-refractivity contribution in [3.8, 4) is 11.3 Å². The summed E-state index contributed by atoms with van der Waals surface area (Å²) in [6.45, 7) is 8.59. The van der Waals surface area contributed by atoms with Crippen LogP contribution in [0.3, 0.4) is 0 Å². The van der Waals surface area contributed by atoms with E-state index in [1.54, 1.807) is 18.3 Å². The van der Waals surface area contributed by atoms with Gasteiger partial charge in [0, 0.05) is 48.2 Å². The van der Waals surface area contributed by atoms with Gasteiger partial charge < -0.3 is 16.0 Å². The van der Waals surface area contributed by atoms with Gasteiger partial charge in [0.15, 0.2) is 11.6 Å². The molecule has 6 rings (SSSR count). The van der Waals surface area contributed by atoms with Gasteiger partial charge in [-0.25, -0.2) is 19.8 Å². The van der Waals surface area contributed by atoms with Gasteiger partial charge in [-0.2, -0.15) is 9.98 Å². The first-order chi connectivity index (χ1) is 22.3. The molecule has 1 amide bonds. The molecule has 1 saturated carbocycles. The molecule has 1 aromatic heterocycles. The third-order valence-electron chi connectivity index (χ3n) is 8.81. The molecule has 2 aliphatic heterocycles. The van der Waals surface area contributed by atoms with Crippen molar-refractivity contribution in [2.45, 2.75) is 52.1 Å². The number of benzene rings is 2. The molecule has 11 heteroatoms. The Hall–Kier alpha value is -4.74. The maximum absolute atomic E-state index is 13.3. The Labute approximate surface area is 268 Å². The van der Waals surface area contributed by atoms with E-state index in [9.17, 15) is 9.18 Å². The highest BCUT2D eigenvalue weighted by Crippen LogP contribution is 2.32. The second-order valence-corrected chi connectivity index (χ2v) is 12.2. The van der Waals surface area contributed by atoms with Crippen molar-refractivity contribution in [2.24, 2.45) is 26.8 Å². The van der Waals surface area contributed by atoms with E-state index in [1.165, 1.54) is 5.57 Å². The van der Waals surface area contributed by atoms with E-state index in [1.807, 2.05) is 48.6 Å². The molecule has 4 N–H and O–H groups in total. The minimum absolute atomic E-state index is 0.320. The van der Waals surface area contributed by atoms with E-state index in [4.69, 9.17) is 20.0 Å². The summed E-state index contributed by atoms with van der Waals surface area (Å²) in [5.74, 6) is 0.785. The summed E-state index contributed by atoms with van der Waals surface area (Å²) in [6, 6.07) is 16.0. The van der Waals surface area contributed by atoms with Crippen molar-refractivity contribution >= 4 is 40.5 Å². The summed E-state index contributed by atoms with van der Waals surface area (Å²) in [4.78, 5) is 31.0. The van der Waals surface area contributed by atoms with Crippen LogP contribution in [0.2, 0.25) is 0 Å². The summed E-state index contributed by atoms with van der Waals surface area (Å²) in [5.41, 5.74) is 7.92. The summed E-state index contributed by atoms with van der Waals surface area (Å²) in [6.07, 6.45) is 8.27. The number of pyridine rings is 1. The summed E-state index contributed by atoms with van der Waals surface area (Å²) < 4.78 is 13.3. The van der Waals surface area contributed by atoms with Gasteiger partial charge in [-0.3, -0.25) is 9.78 Å². The summed E-state index contributed by atoms with van der Waals surface area (Å²) in [7, 11) is 2.03. The topological polar surface area (TPSA) is 118 Å². The number of guanidine groups is 2. The van der Waals surface area contributed by atoms with Gasteiger partial charge >= 0.3 is 0 Å². The van der Waals surface area contributed by atoms with E-state index in [-0.39, 0.29) is 0 Å². The molecule has 10 nitrogen and oxygen atoms in total. The van der Waals surface area contributed by atoms with Gasteiger partial charge in [0.05, 0.1) is 5.69 Å². The second-order valence-electron chi connectivity index (χ2n) is 12.2. The van der Waals surface area contributed by atoms with E-state index < -0.39 is 11.7 Å². The normalized spacial score (nSPS) is 19.8. The van der Waals surface area contributed by atoms with Crippen molar-refractivity contribution in [1.29, 1.82) is 0 Å². The molecule has 1 fully saturated rings. The first-order valence-electron chi connectivity index (χ1n) is 15.8. The standard InChI is InChI=1S/C35H40FN9O/c1-21(2)30-20-41-45-32(30)43-34(39-18-23-9-11-26(37-4)12-10-23)44-35(45)40-19-25-7-5-6-8-28(25)31-29-14-13-27(42-33(46)22(3)36)17-24(29)15-16-38-31/h5-8,13-18,21,23,26,37,41H,3,9-12,19-20H2,1-2,4H3,(H,42,46)(H,40,43,44)/b39-18-. The lowest BCUT2D eigenvalue weighted by Gasteiger charge is -2.27. The zero-order valence-corrected chi connectivity index (χ0v) is 26.5. The molecule has 3 aromatic rings. The fourth-order valence-electron chi connectivity index (χ4n) is 6.14. The quantitative estimate of drug-likeness (QED) is 0.190. The predicted molar refractivity (Wildman–Crippen MR) is 183 cm³/mol. The third-order valence-corrected chi connectivity index (χ3v) is 8.81. The highest BCUT2D eigenvalue weighted by atomic mass is 19.1. The molecule has 3 heterocycles. The minimum atomic E-state index is -1.04. The number of hydrogen-bond acceptors (Lipinski definition) is 9. The molecule has 0 unspecified atom stereocenters. The van der Waals surface area contributed by atoms with Gasteiger partial charge in [-0.05, 0) is 79.3 Å². The SMILES string of the molecule is C=C(F)C(=O)Nc1ccc2c(-c3ccccc3CNC3=NC(/N=C\C4CCC(NC)CC4)=NC4=C(C(C)C)CNN34)nccc2c1. The van der Waals surface area contributed by atoms with Gasteiger partial charge in [-0.1, -0.05) is 50.8 Å². The molecular weight excluding hydrogens is 581 g/mol. The molecule has 3 aliphatic rings. The van der Waals surface area contributed by atoms with Crippen LogP contribution in [0.4, 0.5) is 10.1 Å². The predicted octanol–water partition coefficient (Wildman–Crippen LogP) is 5.68. The first-order valence-corrected chi connectivity index (χ1v) is 15.8. The fourth-order valence-corrected chi connectivity index (χ4v) is 6.14. The van der Waals surface area contributed by atoms with Crippen molar-refractivity contribution in [3.63, 3.8) is 0 Å². The number of hydrazine groups is 1. The van der Waals surface area contributed by atoms with Crippen LogP contribution in [0, 0.1) is 11.8 Å². The van der Waals surface area contributed by atoms with Crippen LogP contribution >= 0.6 is 0 Å². The Kier molecular flexibility index (Phi) is 9.32. The van der Waals surface area contributed by atoms with Crippen molar-refractivity contribution in [2.75, 3.05) is 18.9 Å². The van der Waals surface area contributed by atoms with Gasteiger partial charge in [0.1, 0.15) is 0 Å². The molecule has 0 bridgehead atoms. The lowest BCUT2D eigenvalue weighted by Crippen LogP contribution is -2.47. The minimum Gasteiger partial charge on any atom is -0.350 e. The number of aliphatic imine (C=N–C) groups is 3. The smallest absolute Gasteiger partial charge is 0.283 e. The van der Waals surface area contributed by atoms with Crippen molar-refractivity contribution in [3.05, 3.63) is 84.1 Å². The molecule has 0 saturated heterocycles. The number of carbonyl (C=O) groups excluding carboxylic acids is 1. The lowest BCUT2D eigenvalue weighted by molar-refractivity contribution is -0.114. The zero-order valence-electron chi connectivity index (χ0n) is 26.5. The number of nitrogens with zero attached hydrogens (tertiary/aromatic N) is 5. The maximum atomic E-state index is 13.3. The van der Waals surface area contributed by atoms with Crippen LogP contribution in [-0.4, -0.2) is 53.7 Å². The molecule has 1 aliphatic carbocycles. The summed E-state index contributed by atoms with van der Waals surface area (Å²) >= 11 is 0. The number of anilines is 1. The number of rotatable bonds is 8. The number of amides is 1. The van der Waals surface area contributed by atoms with E-state index >= 15 is 0 Å². The fraction of sp³-hybridized carbons (Fsp3) is 0.343.